The molecule has 5 heterocycles. The fourth-order valence-electron chi connectivity index (χ4n) is 7.22. The van der Waals surface area contributed by atoms with Gasteiger partial charge in [0.2, 0.25) is 0 Å². The molecule has 3 fully saturated rings. The van der Waals surface area contributed by atoms with Gasteiger partial charge in [-0.25, -0.2) is 9.59 Å². The molecule has 18 heteroatoms. The Balaban J connectivity index is 1.18. The van der Waals surface area contributed by atoms with Crippen molar-refractivity contribution in [2.45, 2.75) is 69.2 Å². The number of alkyl halides is 6. The van der Waals surface area contributed by atoms with E-state index in [0.29, 0.717) is 50.7 Å². The Morgan fingerprint density at radius 3 is 2.12 bits per heavy atom. The number of nitrogen functional groups attached to an aromatic ring is 1. The van der Waals surface area contributed by atoms with E-state index in [2.05, 4.69) is 15.5 Å². The summed E-state index contributed by atoms with van der Waals surface area (Å²) < 4.78 is 88.6. The first-order valence-electron chi connectivity index (χ1n) is 16.6. The van der Waals surface area contributed by atoms with Crippen LogP contribution in [0.5, 0.6) is 0 Å². The smallest absolute Gasteiger partial charge is 0.418 e. The van der Waals surface area contributed by atoms with Gasteiger partial charge < -0.3 is 30.5 Å². The predicted octanol–water partition coefficient (Wildman–Crippen LogP) is 4.82. The Labute approximate surface area is 288 Å². The second kappa shape index (κ2) is 14.5. The molecule has 0 aliphatic carbocycles. The van der Waals surface area contributed by atoms with Crippen LogP contribution in [-0.2, 0) is 34.8 Å². The van der Waals surface area contributed by atoms with Crippen molar-refractivity contribution in [2.24, 2.45) is 0 Å². The van der Waals surface area contributed by atoms with E-state index < -0.39 is 59.3 Å². The van der Waals surface area contributed by atoms with Gasteiger partial charge in [-0.3, -0.25) is 15.0 Å². The van der Waals surface area contributed by atoms with E-state index in [-0.39, 0.29) is 38.3 Å². The summed E-state index contributed by atoms with van der Waals surface area (Å²) in [6.07, 6.45) is -11.0. The maximum Gasteiger partial charge on any atom is 0.418 e. The number of hydrogen-bond acceptors (Lipinski definition) is 8. The summed E-state index contributed by atoms with van der Waals surface area (Å²) in [5.74, 6) is -0.700. The van der Waals surface area contributed by atoms with Crippen LogP contribution >= 0.6 is 11.3 Å². The molecule has 4 aliphatic heterocycles. The number of nitrogens with zero attached hydrogens (tertiary/aromatic N) is 4. The second-order valence-electron chi connectivity index (χ2n) is 13.1. The van der Waals surface area contributed by atoms with Crippen LogP contribution in [0.4, 0.5) is 46.6 Å². The molecule has 50 heavy (non-hydrogen) atoms. The molecule has 4 N–H and O–H groups in total. The summed E-state index contributed by atoms with van der Waals surface area (Å²) in [5.41, 5.74) is 0.977. The number of anilines is 2. The molecule has 4 amide bonds. The number of ether oxygens (including phenoxy) is 1. The lowest BCUT2D eigenvalue weighted by Gasteiger charge is -2.42. The van der Waals surface area contributed by atoms with Gasteiger partial charge in [0.1, 0.15) is 5.00 Å². The van der Waals surface area contributed by atoms with Gasteiger partial charge >= 0.3 is 24.5 Å². The first-order valence-corrected chi connectivity index (χ1v) is 17.5. The van der Waals surface area contributed by atoms with Crippen LogP contribution in [-0.4, -0.2) is 108 Å². The van der Waals surface area contributed by atoms with Crippen LogP contribution in [0.1, 0.15) is 47.9 Å². The van der Waals surface area contributed by atoms with Crippen molar-refractivity contribution < 1.29 is 45.5 Å². The SMILES string of the molecule is Nc1c(C(F)(F)F)cc(C[C@@H](OC(=O)N2CCC(N3Cc4ccsc4NC3=O)CC2)C(=O)N2CCN(C3CCNCC3)CC2)cc1C(F)(F)F. The molecule has 1 atom stereocenters. The van der Waals surface area contributed by atoms with Crippen LogP contribution < -0.4 is 16.4 Å². The summed E-state index contributed by atoms with van der Waals surface area (Å²) in [4.78, 5) is 46.9. The summed E-state index contributed by atoms with van der Waals surface area (Å²) in [6.45, 7) is 4.07. The zero-order chi connectivity index (χ0) is 35.8. The largest absolute Gasteiger partial charge is 0.436 e. The molecule has 4 aliphatic rings. The number of piperidine rings is 2. The number of carbonyl (C=O) groups excluding carboxylic acids is 3. The highest BCUT2D eigenvalue weighted by Gasteiger charge is 2.42. The summed E-state index contributed by atoms with van der Waals surface area (Å²) >= 11 is 1.43. The molecule has 274 valence electrons. The van der Waals surface area contributed by atoms with E-state index in [0.717, 1.165) is 36.5 Å². The molecular formula is C32H39F6N7O4S. The van der Waals surface area contributed by atoms with E-state index in [1.807, 2.05) is 11.4 Å². The quantitative estimate of drug-likeness (QED) is 0.288. The van der Waals surface area contributed by atoms with Crippen molar-refractivity contribution in [1.82, 2.24) is 24.9 Å². The Kier molecular flexibility index (Phi) is 10.4. The van der Waals surface area contributed by atoms with E-state index in [1.165, 1.54) is 21.1 Å². The third-order valence-electron chi connectivity index (χ3n) is 9.97. The second-order valence-corrected chi connectivity index (χ2v) is 14.0. The number of rotatable bonds is 6. The zero-order valence-corrected chi connectivity index (χ0v) is 27.9. The van der Waals surface area contributed by atoms with Gasteiger partial charge in [0.15, 0.2) is 6.10 Å². The number of halogens is 6. The molecule has 0 spiro atoms. The maximum atomic E-state index is 13.9. The lowest BCUT2D eigenvalue weighted by atomic mass is 9.97. The van der Waals surface area contributed by atoms with E-state index in [9.17, 15) is 40.7 Å². The van der Waals surface area contributed by atoms with Crippen molar-refractivity contribution in [3.63, 3.8) is 0 Å². The highest BCUT2D eigenvalue weighted by molar-refractivity contribution is 7.14. The van der Waals surface area contributed by atoms with Crippen molar-refractivity contribution >= 4 is 40.1 Å². The predicted molar refractivity (Wildman–Crippen MR) is 172 cm³/mol. The third-order valence-corrected chi connectivity index (χ3v) is 10.8. The van der Waals surface area contributed by atoms with Gasteiger partial charge in [0.05, 0.1) is 23.4 Å². The van der Waals surface area contributed by atoms with E-state index >= 15 is 0 Å². The monoisotopic (exact) mass is 731 g/mol. The lowest BCUT2D eigenvalue weighted by molar-refractivity contribution is -0.143. The van der Waals surface area contributed by atoms with Gasteiger partial charge in [-0.15, -0.1) is 11.3 Å². The zero-order valence-electron chi connectivity index (χ0n) is 27.1. The average molecular weight is 732 g/mol. The number of thiophene rings is 1. The van der Waals surface area contributed by atoms with Crippen molar-refractivity contribution in [3.8, 4) is 0 Å². The standard InChI is InChI=1S/C32H39F6N7O4S/c33-31(34,35)23-15-19(16-24(26(23)39)32(36,37)38)17-25(28(46)43-12-10-42(11-13-43)21-1-6-40-7-2-21)49-30(48)44-8-3-22(4-9-44)45-18-20-5-14-50-27(20)41-29(45)47/h5,14-16,21-22,25,40H,1-4,6-13,17-18,39H2,(H,41,47)/t25-/m1/s1. The number of piperazine rings is 1. The van der Waals surface area contributed by atoms with E-state index in [4.69, 9.17) is 10.5 Å². The van der Waals surface area contributed by atoms with Crippen LogP contribution in [0, 0.1) is 0 Å². The molecule has 0 radical (unpaired) electrons. The Bertz CT molecular complexity index is 1530. The number of carbonyl (C=O) groups is 3. The van der Waals surface area contributed by atoms with Gasteiger partial charge in [-0.05, 0) is 67.9 Å². The minimum absolute atomic E-state index is 0.165. The summed E-state index contributed by atoms with van der Waals surface area (Å²) in [6, 6.07) is 2.79. The molecule has 0 saturated carbocycles. The summed E-state index contributed by atoms with van der Waals surface area (Å²) in [7, 11) is 0. The topological polar surface area (TPSA) is 123 Å². The molecule has 6 rings (SSSR count). The molecule has 0 unspecified atom stereocenters. The number of benzene rings is 1. The van der Waals surface area contributed by atoms with Crippen molar-refractivity contribution in [1.29, 1.82) is 0 Å². The fraction of sp³-hybridized carbons (Fsp3) is 0.594. The fourth-order valence-corrected chi connectivity index (χ4v) is 8.02. The lowest BCUT2D eigenvalue weighted by Crippen LogP contribution is -2.56. The minimum atomic E-state index is -5.21. The highest BCUT2D eigenvalue weighted by Crippen LogP contribution is 2.42. The summed E-state index contributed by atoms with van der Waals surface area (Å²) in [5, 5.41) is 8.85. The van der Waals surface area contributed by atoms with Crippen LogP contribution in [0.15, 0.2) is 23.6 Å². The first-order chi connectivity index (χ1) is 23.7. The molecule has 11 nitrogen and oxygen atoms in total. The molecule has 3 saturated heterocycles. The Morgan fingerprint density at radius 1 is 0.900 bits per heavy atom. The van der Waals surface area contributed by atoms with Crippen molar-refractivity contribution in [3.05, 3.63) is 45.8 Å². The minimum Gasteiger partial charge on any atom is -0.436 e. The third kappa shape index (κ3) is 7.91. The number of hydrogen-bond donors (Lipinski definition) is 3. The number of amides is 4. The Hall–Kier alpha value is -3.77. The molecule has 1 aromatic carbocycles. The van der Waals surface area contributed by atoms with Gasteiger partial charge in [-0.2, -0.15) is 26.3 Å². The van der Waals surface area contributed by atoms with Crippen LogP contribution in [0.2, 0.25) is 0 Å². The number of likely N-dealkylation sites (tertiary alicyclic amines) is 1. The average Bonchev–Trinajstić information content (AvgIpc) is 3.54. The first kappa shape index (κ1) is 36.0. The molecular weight excluding hydrogens is 692 g/mol. The van der Waals surface area contributed by atoms with E-state index in [1.54, 1.807) is 4.90 Å². The molecule has 1 aromatic heterocycles. The number of nitrogens with two attached hydrogens (primary N) is 1. The molecule has 0 bridgehead atoms. The van der Waals surface area contributed by atoms with Crippen LogP contribution in [0.3, 0.4) is 0 Å². The number of urea groups is 1. The normalized spacial score (nSPS) is 20.8. The van der Waals surface area contributed by atoms with Gasteiger partial charge in [0, 0.05) is 63.3 Å². The molecule has 2 aromatic rings. The maximum absolute atomic E-state index is 13.9. The Morgan fingerprint density at radius 2 is 1.52 bits per heavy atom. The van der Waals surface area contributed by atoms with Gasteiger partial charge in [-0.1, -0.05) is 0 Å². The highest BCUT2D eigenvalue weighted by atomic mass is 32.1. The van der Waals surface area contributed by atoms with Crippen molar-refractivity contribution in [2.75, 3.05) is 63.4 Å². The number of fused-ring (bicyclic) bond motifs is 1. The number of nitrogens with one attached hydrogen (secondary N) is 2. The van der Waals surface area contributed by atoms with Crippen LogP contribution in [0.25, 0.3) is 0 Å². The van der Waals surface area contributed by atoms with Gasteiger partial charge in [0.25, 0.3) is 5.91 Å².